The van der Waals surface area contributed by atoms with E-state index < -0.39 is 8.32 Å². The Morgan fingerprint density at radius 3 is 2.26 bits per heavy atom. The lowest BCUT2D eigenvalue weighted by Crippen LogP contribution is -2.44. The Morgan fingerprint density at radius 2 is 1.79 bits per heavy atom. The van der Waals surface area contributed by atoms with Crippen LogP contribution in [0, 0.1) is 0 Å². The van der Waals surface area contributed by atoms with Crippen LogP contribution in [0.15, 0.2) is 0 Å². The first kappa shape index (κ1) is 17.9. The second-order valence-corrected chi connectivity index (χ2v) is 14.7. The normalized spacial score (nSPS) is 20.5. The summed E-state index contributed by atoms with van der Waals surface area (Å²) < 4.78 is 7.43. The van der Waals surface area contributed by atoms with Crippen molar-refractivity contribution in [3.8, 4) is 0 Å². The highest BCUT2D eigenvalue weighted by Crippen LogP contribution is 2.40. The average molecular weight is 321 g/mol. The molecule has 0 aromatic carbocycles. The van der Waals surface area contributed by atoms with Gasteiger partial charge < -0.3 is 4.43 Å². The fourth-order valence-electron chi connectivity index (χ4n) is 2.03. The van der Waals surface area contributed by atoms with Crippen molar-refractivity contribution in [2.75, 3.05) is 11.5 Å². The fraction of sp³-hybridized carbons (Fsp3) is 1.00. The van der Waals surface area contributed by atoms with Crippen molar-refractivity contribution in [2.24, 2.45) is 0 Å². The van der Waals surface area contributed by atoms with Gasteiger partial charge in [-0.05, 0) is 48.9 Å². The summed E-state index contributed by atoms with van der Waals surface area (Å²) in [6, 6.07) is 0. The van der Waals surface area contributed by atoms with Gasteiger partial charge in [0.15, 0.2) is 8.32 Å². The van der Waals surface area contributed by atoms with E-state index in [0.717, 1.165) is 4.58 Å². The number of rotatable bonds is 6. The van der Waals surface area contributed by atoms with Crippen LogP contribution in [0.25, 0.3) is 0 Å². The van der Waals surface area contributed by atoms with Crippen LogP contribution < -0.4 is 0 Å². The van der Waals surface area contributed by atoms with Gasteiger partial charge in [-0.25, -0.2) is 0 Å². The lowest BCUT2D eigenvalue weighted by Gasteiger charge is -2.40. The van der Waals surface area contributed by atoms with Gasteiger partial charge in [-0.15, -0.1) is 23.5 Å². The van der Waals surface area contributed by atoms with Crippen LogP contribution in [0.5, 0.6) is 0 Å². The van der Waals surface area contributed by atoms with Gasteiger partial charge in [-0.1, -0.05) is 34.1 Å². The summed E-state index contributed by atoms with van der Waals surface area (Å²) in [6.45, 7) is 14.1. The third-order valence-electron chi connectivity index (χ3n) is 4.23. The van der Waals surface area contributed by atoms with Crippen LogP contribution in [0.1, 0.15) is 53.4 Å². The van der Waals surface area contributed by atoms with Crippen LogP contribution in [0.3, 0.4) is 0 Å². The molecule has 1 nitrogen and oxygen atoms in total. The molecule has 1 atom stereocenters. The highest BCUT2D eigenvalue weighted by Gasteiger charge is 2.39. The maximum absolute atomic E-state index is 6.66. The van der Waals surface area contributed by atoms with Crippen LogP contribution in [-0.2, 0) is 4.43 Å². The molecule has 0 amide bonds. The summed E-state index contributed by atoms with van der Waals surface area (Å²) in [5.74, 6) is 2.69. The molecule has 1 fully saturated rings. The van der Waals surface area contributed by atoms with Crippen molar-refractivity contribution in [3.63, 3.8) is 0 Å². The smallest absolute Gasteiger partial charge is 0.192 e. The summed E-state index contributed by atoms with van der Waals surface area (Å²) in [4.78, 5) is 0. The molecule has 1 aliphatic rings. The third-order valence-corrected chi connectivity index (χ3v) is 11.8. The van der Waals surface area contributed by atoms with E-state index in [2.05, 4.69) is 64.3 Å². The molecule has 0 aliphatic carbocycles. The van der Waals surface area contributed by atoms with Crippen molar-refractivity contribution >= 4 is 31.8 Å². The Hall–Kier alpha value is 0.877. The molecule has 0 spiro atoms. The second-order valence-electron chi connectivity index (χ2n) is 7.05. The van der Waals surface area contributed by atoms with E-state index in [9.17, 15) is 0 Å². The number of hydrogen-bond donors (Lipinski definition) is 0. The standard InChI is InChI=1S/C15H32OS2Si/c1-7-9-13(12-14-17-10-8-11-18-14)16-19(5,6)15(2,3)4/h13-14H,7-12H2,1-6H3/t13-/m1/s1. The van der Waals surface area contributed by atoms with Crippen LogP contribution in [0.4, 0.5) is 0 Å². The van der Waals surface area contributed by atoms with E-state index in [1.165, 1.54) is 37.2 Å². The summed E-state index contributed by atoms with van der Waals surface area (Å²) >= 11 is 4.30. The van der Waals surface area contributed by atoms with E-state index in [-0.39, 0.29) is 0 Å². The zero-order valence-electron chi connectivity index (χ0n) is 13.6. The van der Waals surface area contributed by atoms with Gasteiger partial charge >= 0.3 is 0 Å². The highest BCUT2D eigenvalue weighted by molar-refractivity contribution is 8.17. The quantitative estimate of drug-likeness (QED) is 0.575. The zero-order valence-corrected chi connectivity index (χ0v) is 16.3. The molecule has 0 bridgehead atoms. The zero-order chi connectivity index (χ0) is 14.5. The number of thioether (sulfide) groups is 2. The summed E-state index contributed by atoms with van der Waals surface area (Å²) in [6.07, 6.45) is 5.57. The predicted octanol–water partition coefficient (Wildman–Crippen LogP) is 5.76. The van der Waals surface area contributed by atoms with Crippen molar-refractivity contribution in [1.29, 1.82) is 0 Å². The van der Waals surface area contributed by atoms with Gasteiger partial charge in [0.05, 0.1) is 4.58 Å². The van der Waals surface area contributed by atoms with E-state index in [0.29, 0.717) is 11.1 Å². The monoisotopic (exact) mass is 320 g/mol. The van der Waals surface area contributed by atoms with Crippen molar-refractivity contribution in [1.82, 2.24) is 0 Å². The molecule has 0 aromatic heterocycles. The molecule has 0 aromatic rings. The minimum absolute atomic E-state index is 0.325. The molecule has 1 rings (SSSR count). The maximum Gasteiger partial charge on any atom is 0.192 e. The minimum atomic E-state index is -1.61. The van der Waals surface area contributed by atoms with E-state index >= 15 is 0 Å². The Balaban J connectivity index is 2.56. The molecule has 0 saturated carbocycles. The lowest BCUT2D eigenvalue weighted by atomic mass is 10.2. The maximum atomic E-state index is 6.66. The fourth-order valence-corrected chi connectivity index (χ4v) is 6.42. The van der Waals surface area contributed by atoms with Crippen LogP contribution in [0.2, 0.25) is 18.1 Å². The minimum Gasteiger partial charge on any atom is -0.414 e. The van der Waals surface area contributed by atoms with Crippen molar-refractivity contribution in [3.05, 3.63) is 0 Å². The first-order valence-electron chi connectivity index (χ1n) is 7.67. The molecule has 0 unspecified atom stereocenters. The van der Waals surface area contributed by atoms with Crippen molar-refractivity contribution in [2.45, 2.75) is 82.2 Å². The molecular weight excluding hydrogens is 288 g/mol. The van der Waals surface area contributed by atoms with Gasteiger partial charge in [0.2, 0.25) is 0 Å². The van der Waals surface area contributed by atoms with E-state index in [1.807, 2.05) is 0 Å². The Bertz CT molecular complexity index is 257. The largest absolute Gasteiger partial charge is 0.414 e. The lowest BCUT2D eigenvalue weighted by molar-refractivity contribution is 0.165. The SMILES string of the molecule is CCC[C@H](CC1SCCCS1)O[Si](C)(C)C(C)(C)C. The Kier molecular flexibility index (Phi) is 7.32. The van der Waals surface area contributed by atoms with Crippen LogP contribution >= 0.6 is 23.5 Å². The molecule has 1 aliphatic heterocycles. The molecule has 4 heteroatoms. The van der Waals surface area contributed by atoms with Crippen molar-refractivity contribution < 1.29 is 4.43 Å². The van der Waals surface area contributed by atoms with Gasteiger partial charge in [-0.2, -0.15) is 0 Å². The summed E-state index contributed by atoms with van der Waals surface area (Å²) in [7, 11) is -1.61. The van der Waals surface area contributed by atoms with E-state index in [4.69, 9.17) is 4.43 Å². The van der Waals surface area contributed by atoms with Gasteiger partial charge in [0.1, 0.15) is 0 Å². The third kappa shape index (κ3) is 6.02. The number of hydrogen-bond acceptors (Lipinski definition) is 3. The topological polar surface area (TPSA) is 9.23 Å². The van der Waals surface area contributed by atoms with Gasteiger partial charge in [-0.3, -0.25) is 0 Å². The first-order chi connectivity index (χ1) is 8.76. The molecule has 1 saturated heterocycles. The van der Waals surface area contributed by atoms with Crippen LogP contribution in [-0.4, -0.2) is 30.5 Å². The van der Waals surface area contributed by atoms with E-state index in [1.54, 1.807) is 0 Å². The predicted molar refractivity (Wildman–Crippen MR) is 94.9 cm³/mol. The molecular formula is C15H32OS2Si. The highest BCUT2D eigenvalue weighted by atomic mass is 32.2. The molecule has 19 heavy (non-hydrogen) atoms. The molecule has 114 valence electrons. The molecule has 1 heterocycles. The second kappa shape index (κ2) is 7.76. The Morgan fingerprint density at radius 1 is 1.21 bits per heavy atom. The summed E-state index contributed by atoms with van der Waals surface area (Å²) in [5, 5.41) is 0.325. The van der Waals surface area contributed by atoms with Gasteiger partial charge in [0, 0.05) is 6.10 Å². The first-order valence-corrected chi connectivity index (χ1v) is 12.7. The molecule has 0 N–H and O–H groups in total. The summed E-state index contributed by atoms with van der Waals surface area (Å²) in [5.41, 5.74) is 0. The van der Waals surface area contributed by atoms with Gasteiger partial charge in [0.25, 0.3) is 0 Å². The average Bonchev–Trinajstić information content (AvgIpc) is 2.28. The Labute approximate surface area is 130 Å². The molecule has 0 radical (unpaired) electrons.